The summed E-state index contributed by atoms with van der Waals surface area (Å²) in [6, 6.07) is 15.5. The van der Waals surface area contributed by atoms with Crippen molar-refractivity contribution in [3.05, 3.63) is 132 Å². The molecule has 0 spiro atoms. The second-order valence-corrected chi connectivity index (χ2v) is 19.4. The van der Waals surface area contributed by atoms with Gasteiger partial charge in [-0.15, -0.1) is 0 Å². The van der Waals surface area contributed by atoms with Gasteiger partial charge in [0.2, 0.25) is 10.9 Å². The Morgan fingerprint density at radius 2 is 1.28 bits per heavy atom. The van der Waals surface area contributed by atoms with Crippen LogP contribution in [0.4, 0.5) is 0 Å². The van der Waals surface area contributed by atoms with Crippen LogP contribution in [0.5, 0.6) is 0 Å². The Bertz CT molecular complexity index is 2240. The van der Waals surface area contributed by atoms with Gasteiger partial charge < -0.3 is 14.2 Å². The van der Waals surface area contributed by atoms with Crippen LogP contribution in [-0.2, 0) is 19.6 Å². The van der Waals surface area contributed by atoms with Crippen molar-refractivity contribution < 1.29 is 18.6 Å². The third-order valence-corrected chi connectivity index (χ3v) is 12.7. The SMILES string of the molecule is CC(C)COCC(C)(C)C1=CC(C=c2c(=O)c(=Cc3cc(-c4ccc(Br)c(Br)c4)[o+]c(C(C)(C)COCC(C)C)c3)c2=O)C=C(c2ccc(Br)c(Br)c2)O1. The van der Waals surface area contributed by atoms with E-state index in [0.29, 0.717) is 66.9 Å². The number of halogens is 4. The maximum atomic E-state index is 13.8. The first-order valence-corrected chi connectivity index (χ1v) is 21.2. The molecule has 0 amide bonds. The van der Waals surface area contributed by atoms with Crippen LogP contribution in [0.15, 0.2) is 98.3 Å². The fraction of sp³-hybridized carbons (Fsp3) is 0.386. The van der Waals surface area contributed by atoms with E-state index in [0.717, 1.165) is 29.0 Å². The first kappa shape index (κ1) is 42.7. The minimum atomic E-state index is -0.487. The van der Waals surface area contributed by atoms with Gasteiger partial charge >= 0.3 is 11.5 Å². The average molecular weight is 991 g/mol. The van der Waals surface area contributed by atoms with Gasteiger partial charge in [-0.2, -0.15) is 0 Å². The number of rotatable bonds is 14. The lowest BCUT2D eigenvalue weighted by molar-refractivity contribution is 0.0432. The summed E-state index contributed by atoms with van der Waals surface area (Å²) < 4.78 is 28.7. The zero-order valence-electron chi connectivity index (χ0n) is 32.0. The minimum absolute atomic E-state index is 0.134. The molecule has 4 aromatic rings. The summed E-state index contributed by atoms with van der Waals surface area (Å²) in [6.07, 6.45) is 7.33. The Morgan fingerprint density at radius 3 is 1.85 bits per heavy atom. The van der Waals surface area contributed by atoms with Gasteiger partial charge in [-0.05, 0) is 144 Å². The van der Waals surface area contributed by atoms with E-state index in [1.54, 1.807) is 12.2 Å². The van der Waals surface area contributed by atoms with Crippen molar-refractivity contribution in [2.75, 3.05) is 26.4 Å². The predicted octanol–water partition coefficient (Wildman–Crippen LogP) is 10.7. The maximum absolute atomic E-state index is 13.8. The molecule has 1 unspecified atom stereocenters. The molecule has 6 nitrogen and oxygen atoms in total. The molecule has 0 bridgehead atoms. The molecule has 3 aromatic carbocycles. The molecular weight excluding hydrogens is 944 g/mol. The van der Waals surface area contributed by atoms with Gasteiger partial charge in [0, 0.05) is 54.1 Å². The number of benzene rings is 2. The first-order valence-electron chi connectivity index (χ1n) is 18.0. The van der Waals surface area contributed by atoms with E-state index in [2.05, 4.69) is 119 Å². The van der Waals surface area contributed by atoms with Crippen LogP contribution in [0, 0.1) is 23.2 Å². The van der Waals surface area contributed by atoms with Crippen molar-refractivity contribution in [2.24, 2.45) is 23.2 Å². The Morgan fingerprint density at radius 1 is 0.722 bits per heavy atom. The molecular formula is C44H47Br4O6+. The molecule has 0 aliphatic carbocycles. The van der Waals surface area contributed by atoms with E-state index in [-0.39, 0.29) is 27.2 Å². The number of ether oxygens (including phenoxy) is 3. The molecule has 286 valence electrons. The van der Waals surface area contributed by atoms with Crippen LogP contribution in [0.1, 0.15) is 72.3 Å². The highest BCUT2D eigenvalue weighted by molar-refractivity contribution is 9.13. The van der Waals surface area contributed by atoms with Gasteiger partial charge in [-0.25, -0.2) is 4.42 Å². The molecule has 0 saturated heterocycles. The maximum Gasteiger partial charge on any atom is 0.360 e. The summed E-state index contributed by atoms with van der Waals surface area (Å²) in [5.41, 5.74) is 0.853. The van der Waals surface area contributed by atoms with Crippen LogP contribution in [0.2, 0.25) is 0 Å². The summed E-state index contributed by atoms with van der Waals surface area (Å²) in [4.78, 5) is 27.6. The van der Waals surface area contributed by atoms with Crippen LogP contribution in [-0.4, -0.2) is 26.4 Å². The molecule has 0 radical (unpaired) electrons. The highest BCUT2D eigenvalue weighted by Crippen LogP contribution is 2.39. The van der Waals surface area contributed by atoms with E-state index < -0.39 is 10.8 Å². The van der Waals surface area contributed by atoms with E-state index in [1.807, 2.05) is 60.7 Å². The predicted molar refractivity (Wildman–Crippen MR) is 233 cm³/mol. The second-order valence-electron chi connectivity index (χ2n) is 16.0. The van der Waals surface area contributed by atoms with Crippen LogP contribution in [0.3, 0.4) is 0 Å². The summed E-state index contributed by atoms with van der Waals surface area (Å²) in [7, 11) is 0. The zero-order valence-corrected chi connectivity index (χ0v) is 38.3. The van der Waals surface area contributed by atoms with Crippen molar-refractivity contribution in [1.82, 2.24) is 0 Å². The van der Waals surface area contributed by atoms with E-state index in [4.69, 9.17) is 18.6 Å². The van der Waals surface area contributed by atoms with E-state index in [1.165, 1.54) is 0 Å². The van der Waals surface area contributed by atoms with Crippen molar-refractivity contribution in [1.29, 1.82) is 0 Å². The Kier molecular flexibility index (Phi) is 14.0. The molecule has 1 aliphatic rings. The van der Waals surface area contributed by atoms with Gasteiger partial charge in [0.15, 0.2) is 0 Å². The van der Waals surface area contributed by atoms with Crippen LogP contribution >= 0.6 is 63.7 Å². The van der Waals surface area contributed by atoms with Crippen molar-refractivity contribution >= 4 is 81.6 Å². The monoisotopic (exact) mass is 987 g/mol. The fourth-order valence-corrected chi connectivity index (χ4v) is 7.15. The summed E-state index contributed by atoms with van der Waals surface area (Å²) >= 11 is 14.3. The van der Waals surface area contributed by atoms with Gasteiger partial charge in [0.25, 0.3) is 0 Å². The molecule has 10 heteroatoms. The lowest BCUT2D eigenvalue weighted by Crippen LogP contribution is -2.64. The van der Waals surface area contributed by atoms with Crippen LogP contribution in [0.25, 0.3) is 29.2 Å². The molecule has 1 aliphatic heterocycles. The number of hydrogen-bond donors (Lipinski definition) is 0. The molecule has 54 heavy (non-hydrogen) atoms. The van der Waals surface area contributed by atoms with Crippen molar-refractivity contribution in [3.8, 4) is 11.3 Å². The van der Waals surface area contributed by atoms with E-state index >= 15 is 0 Å². The fourth-order valence-electron chi connectivity index (χ4n) is 5.90. The van der Waals surface area contributed by atoms with Gasteiger partial charge in [-0.1, -0.05) is 53.7 Å². The van der Waals surface area contributed by atoms with Gasteiger partial charge in [0.05, 0.1) is 35.3 Å². The van der Waals surface area contributed by atoms with Gasteiger partial charge in [0.1, 0.15) is 16.9 Å². The summed E-state index contributed by atoms with van der Waals surface area (Å²) in [5, 5.41) is 0.292. The molecule has 0 N–H and O–H groups in total. The highest BCUT2D eigenvalue weighted by atomic mass is 79.9. The Balaban J connectivity index is 1.58. The number of hydrogen-bond acceptors (Lipinski definition) is 5. The normalized spacial score (nSPS) is 15.0. The first-order chi connectivity index (χ1) is 25.3. The van der Waals surface area contributed by atoms with Crippen LogP contribution < -0.4 is 21.3 Å². The molecule has 1 aromatic heterocycles. The Hall–Kier alpha value is -2.47. The topological polar surface area (TPSA) is 73.1 Å². The second kappa shape index (κ2) is 17.8. The molecule has 0 fully saturated rings. The molecule has 0 saturated carbocycles. The summed E-state index contributed by atoms with van der Waals surface area (Å²) in [5.74, 6) is 3.07. The standard InChI is InChI=1S/C44H47Br4O6/c1-25(2)21-51-23-43(5,6)39-17-27(15-37(53-39)29-9-11-33(45)35(47)19-29)13-31-41(49)32(42(31)50)14-28-16-38(30-10-12-34(46)36(48)20-30)54-40(18-28)44(7,8)24-52-22-26(3)4/h9-20,25-27H,21-24H2,1-8H3/q+1. The highest BCUT2D eigenvalue weighted by Gasteiger charge is 2.35. The average Bonchev–Trinajstić information content (AvgIpc) is 3.11. The largest absolute Gasteiger partial charge is 0.461 e. The van der Waals surface area contributed by atoms with E-state index in [9.17, 15) is 9.59 Å². The molecule has 2 heterocycles. The lowest BCUT2D eigenvalue weighted by Gasteiger charge is -2.32. The quantitative estimate of drug-likeness (QED) is 0.117. The smallest absolute Gasteiger partial charge is 0.360 e. The Labute approximate surface area is 351 Å². The third-order valence-electron chi connectivity index (χ3n) is 8.94. The third kappa shape index (κ3) is 10.5. The minimum Gasteiger partial charge on any atom is -0.461 e. The molecule has 1 atom stereocenters. The van der Waals surface area contributed by atoms with Crippen molar-refractivity contribution in [3.63, 3.8) is 0 Å². The van der Waals surface area contributed by atoms with Gasteiger partial charge in [-0.3, -0.25) is 9.59 Å². The lowest BCUT2D eigenvalue weighted by atomic mass is 9.87. The molecule has 5 rings (SSSR count). The summed E-state index contributed by atoms with van der Waals surface area (Å²) in [6.45, 7) is 18.9. The number of allylic oxidation sites excluding steroid dienone is 2. The zero-order chi connectivity index (χ0) is 39.5. The van der Waals surface area contributed by atoms with Crippen molar-refractivity contribution in [2.45, 2.75) is 60.8 Å².